The molecule has 1 atom stereocenters. The van der Waals surface area contributed by atoms with Crippen LogP contribution in [0.3, 0.4) is 0 Å². The van der Waals surface area contributed by atoms with Crippen molar-refractivity contribution in [2.24, 2.45) is 0 Å². The van der Waals surface area contributed by atoms with Gasteiger partial charge in [-0.15, -0.1) is 0 Å². The number of likely N-dealkylation sites (tertiary alicyclic amines) is 1. The highest BCUT2D eigenvalue weighted by atomic mass is 79.9. The molecule has 0 bridgehead atoms. The van der Waals surface area contributed by atoms with Gasteiger partial charge in [0.2, 0.25) is 0 Å². The van der Waals surface area contributed by atoms with Crippen molar-refractivity contribution in [3.63, 3.8) is 0 Å². The van der Waals surface area contributed by atoms with Crippen molar-refractivity contribution in [2.75, 3.05) is 6.54 Å². The molecule has 0 radical (unpaired) electrons. The summed E-state index contributed by atoms with van der Waals surface area (Å²) in [6.45, 7) is 0.751. The number of rotatable bonds is 2. The lowest BCUT2D eigenvalue weighted by Crippen LogP contribution is -2.39. The number of aromatic nitrogens is 4. The van der Waals surface area contributed by atoms with Crippen LogP contribution in [0.4, 0.5) is 0 Å². The van der Waals surface area contributed by atoms with Crippen LogP contribution in [0.25, 0.3) is 0 Å². The van der Waals surface area contributed by atoms with Gasteiger partial charge in [-0.05, 0) is 41.3 Å². The zero-order valence-corrected chi connectivity index (χ0v) is 11.9. The Morgan fingerprint density at radius 2 is 2.37 bits per heavy atom. The first-order chi connectivity index (χ1) is 9.25. The lowest BCUT2D eigenvalue weighted by atomic mass is 10.0. The van der Waals surface area contributed by atoms with E-state index in [-0.39, 0.29) is 11.9 Å². The molecule has 0 unspecified atom stereocenters. The number of nitrogens with zero attached hydrogens (tertiary/aromatic N) is 3. The summed E-state index contributed by atoms with van der Waals surface area (Å²) in [5.74, 6) is 0.769. The Labute approximate surface area is 118 Å². The van der Waals surface area contributed by atoms with Crippen LogP contribution in [0.5, 0.6) is 0 Å². The fourth-order valence-electron chi connectivity index (χ4n) is 2.48. The summed E-state index contributed by atoms with van der Waals surface area (Å²) in [7, 11) is 0. The van der Waals surface area contributed by atoms with Crippen molar-refractivity contribution in [2.45, 2.75) is 25.3 Å². The van der Waals surface area contributed by atoms with Gasteiger partial charge in [0.25, 0.3) is 5.91 Å². The van der Waals surface area contributed by atoms with E-state index in [1.807, 2.05) is 4.90 Å². The van der Waals surface area contributed by atoms with Gasteiger partial charge in [0.15, 0.2) is 0 Å². The van der Waals surface area contributed by atoms with Crippen molar-refractivity contribution in [3.05, 3.63) is 34.6 Å². The molecule has 1 aliphatic heterocycles. The van der Waals surface area contributed by atoms with Gasteiger partial charge >= 0.3 is 0 Å². The first-order valence-corrected chi connectivity index (χ1v) is 7.05. The normalized spacial score (nSPS) is 19.6. The molecule has 0 aromatic carbocycles. The molecule has 3 rings (SSSR count). The van der Waals surface area contributed by atoms with Crippen LogP contribution in [0, 0.1) is 0 Å². The molecular formula is C12H14BrN5O. The number of H-pyrrole nitrogens is 2. The van der Waals surface area contributed by atoms with Gasteiger partial charge in [-0.3, -0.25) is 9.89 Å². The molecular weight excluding hydrogens is 310 g/mol. The van der Waals surface area contributed by atoms with Crippen LogP contribution in [-0.4, -0.2) is 37.5 Å². The van der Waals surface area contributed by atoms with E-state index in [0.29, 0.717) is 5.69 Å². The summed E-state index contributed by atoms with van der Waals surface area (Å²) < 4.78 is 0.879. The number of nitrogens with one attached hydrogen (secondary N) is 2. The van der Waals surface area contributed by atoms with E-state index in [0.717, 1.165) is 36.1 Å². The number of hydrogen-bond acceptors (Lipinski definition) is 3. The van der Waals surface area contributed by atoms with Crippen LogP contribution in [0.1, 0.15) is 41.6 Å². The number of carbonyl (C=O) groups excluding carboxylic acids is 1. The first kappa shape index (κ1) is 12.4. The molecule has 1 saturated heterocycles. The predicted molar refractivity (Wildman–Crippen MR) is 72.5 cm³/mol. The maximum atomic E-state index is 12.5. The van der Waals surface area contributed by atoms with Crippen molar-refractivity contribution < 1.29 is 4.79 Å². The van der Waals surface area contributed by atoms with Crippen LogP contribution in [0.2, 0.25) is 0 Å². The first-order valence-electron chi connectivity index (χ1n) is 6.26. The molecule has 2 aromatic heterocycles. The lowest BCUT2D eigenvalue weighted by Gasteiger charge is -2.34. The van der Waals surface area contributed by atoms with Crippen LogP contribution in [0.15, 0.2) is 23.1 Å². The SMILES string of the molecule is O=C(c1cc(Br)c[nH]1)N1CCCC[C@H]1c1ncn[nH]1. The summed E-state index contributed by atoms with van der Waals surface area (Å²) >= 11 is 3.35. The van der Waals surface area contributed by atoms with Gasteiger partial charge in [-0.1, -0.05) is 0 Å². The number of carbonyl (C=O) groups is 1. The minimum atomic E-state index is -0.00849. The predicted octanol–water partition coefficient (Wildman–Crippen LogP) is 2.26. The van der Waals surface area contributed by atoms with E-state index < -0.39 is 0 Å². The Balaban J connectivity index is 1.86. The molecule has 2 aromatic rings. The number of aromatic amines is 2. The highest BCUT2D eigenvalue weighted by Gasteiger charge is 2.30. The molecule has 0 spiro atoms. The second kappa shape index (κ2) is 5.16. The van der Waals surface area contributed by atoms with E-state index >= 15 is 0 Å². The minimum Gasteiger partial charge on any atom is -0.356 e. The minimum absolute atomic E-state index is 0.00630. The molecule has 1 fully saturated rings. The molecule has 100 valence electrons. The van der Waals surface area contributed by atoms with Gasteiger partial charge in [0, 0.05) is 17.2 Å². The Bertz CT molecular complexity index is 564. The molecule has 0 aliphatic carbocycles. The highest BCUT2D eigenvalue weighted by molar-refractivity contribution is 9.10. The van der Waals surface area contributed by atoms with E-state index in [1.165, 1.54) is 6.33 Å². The van der Waals surface area contributed by atoms with Gasteiger partial charge in [-0.2, -0.15) is 5.10 Å². The molecule has 1 aliphatic rings. The highest BCUT2D eigenvalue weighted by Crippen LogP contribution is 2.30. The second-order valence-electron chi connectivity index (χ2n) is 4.61. The van der Waals surface area contributed by atoms with E-state index in [4.69, 9.17) is 0 Å². The topological polar surface area (TPSA) is 77.7 Å². The number of piperidine rings is 1. The Hall–Kier alpha value is -1.63. The van der Waals surface area contributed by atoms with E-state index in [1.54, 1.807) is 12.3 Å². The van der Waals surface area contributed by atoms with Crippen molar-refractivity contribution in [3.8, 4) is 0 Å². The standard InChI is InChI=1S/C12H14BrN5O/c13-8-5-9(14-6-8)12(19)18-4-2-1-3-10(18)11-15-7-16-17-11/h5-7,10,14H,1-4H2,(H,15,16,17)/t10-/m0/s1. The van der Waals surface area contributed by atoms with Crippen molar-refractivity contribution >= 4 is 21.8 Å². The van der Waals surface area contributed by atoms with Gasteiger partial charge < -0.3 is 9.88 Å². The maximum Gasteiger partial charge on any atom is 0.270 e. The Kier molecular flexibility index (Phi) is 3.37. The molecule has 0 saturated carbocycles. The monoisotopic (exact) mass is 323 g/mol. The van der Waals surface area contributed by atoms with Gasteiger partial charge in [-0.25, -0.2) is 4.98 Å². The van der Waals surface area contributed by atoms with E-state index in [9.17, 15) is 4.79 Å². The van der Waals surface area contributed by atoms with Crippen LogP contribution < -0.4 is 0 Å². The van der Waals surface area contributed by atoms with Crippen LogP contribution in [-0.2, 0) is 0 Å². The number of amides is 1. The fraction of sp³-hybridized carbons (Fsp3) is 0.417. The van der Waals surface area contributed by atoms with Crippen molar-refractivity contribution in [1.29, 1.82) is 0 Å². The average Bonchev–Trinajstić information content (AvgIpc) is 3.09. The zero-order chi connectivity index (χ0) is 13.2. The van der Waals surface area contributed by atoms with Gasteiger partial charge in [0.1, 0.15) is 17.8 Å². The Morgan fingerprint density at radius 3 is 3.05 bits per heavy atom. The molecule has 3 heterocycles. The summed E-state index contributed by atoms with van der Waals surface area (Å²) in [4.78, 5) is 21.6. The van der Waals surface area contributed by atoms with Crippen molar-refractivity contribution in [1.82, 2.24) is 25.1 Å². The maximum absolute atomic E-state index is 12.5. The largest absolute Gasteiger partial charge is 0.356 e. The third-order valence-electron chi connectivity index (χ3n) is 3.39. The molecule has 7 heteroatoms. The number of halogens is 1. The third-order valence-corrected chi connectivity index (χ3v) is 3.85. The molecule has 2 N–H and O–H groups in total. The Morgan fingerprint density at radius 1 is 1.47 bits per heavy atom. The molecule has 1 amide bonds. The second-order valence-corrected chi connectivity index (χ2v) is 5.53. The third kappa shape index (κ3) is 2.42. The molecule has 6 nitrogen and oxygen atoms in total. The summed E-state index contributed by atoms with van der Waals surface area (Å²) in [5.41, 5.74) is 0.596. The fourth-order valence-corrected chi connectivity index (χ4v) is 2.82. The summed E-state index contributed by atoms with van der Waals surface area (Å²) in [5, 5.41) is 6.75. The quantitative estimate of drug-likeness (QED) is 0.889. The lowest BCUT2D eigenvalue weighted by molar-refractivity contribution is 0.0595. The smallest absolute Gasteiger partial charge is 0.270 e. The average molecular weight is 324 g/mol. The molecule has 19 heavy (non-hydrogen) atoms. The van der Waals surface area contributed by atoms with Gasteiger partial charge in [0.05, 0.1) is 6.04 Å². The number of hydrogen-bond donors (Lipinski definition) is 2. The van der Waals surface area contributed by atoms with Crippen LogP contribution >= 0.6 is 15.9 Å². The van der Waals surface area contributed by atoms with E-state index in [2.05, 4.69) is 36.1 Å². The summed E-state index contributed by atoms with van der Waals surface area (Å²) in [6.07, 6.45) is 6.29. The zero-order valence-electron chi connectivity index (χ0n) is 10.3. The summed E-state index contributed by atoms with van der Waals surface area (Å²) in [6, 6.07) is 1.79.